The third kappa shape index (κ3) is 2.88. The van der Waals surface area contributed by atoms with Crippen LogP contribution in [0, 0.1) is 0 Å². The van der Waals surface area contributed by atoms with Crippen LogP contribution in [-0.4, -0.2) is 22.1 Å². The van der Waals surface area contributed by atoms with Crippen molar-refractivity contribution in [3.8, 4) is 0 Å². The lowest BCUT2D eigenvalue weighted by molar-refractivity contribution is 0.568. The van der Waals surface area contributed by atoms with Crippen molar-refractivity contribution >= 4 is 0 Å². The van der Waals surface area contributed by atoms with Crippen molar-refractivity contribution in [3.63, 3.8) is 0 Å². The van der Waals surface area contributed by atoms with E-state index in [0.29, 0.717) is 6.04 Å². The maximum Gasteiger partial charge on any atom is 0.0946 e. The summed E-state index contributed by atoms with van der Waals surface area (Å²) in [5, 5.41) is 3.30. The van der Waals surface area contributed by atoms with E-state index in [1.807, 2.05) is 23.2 Å². The number of hydrogen-bond donors (Lipinski definition) is 1. The summed E-state index contributed by atoms with van der Waals surface area (Å²) in [6, 6.07) is 0.383. The second-order valence-electron chi connectivity index (χ2n) is 2.78. The molecule has 12 heavy (non-hydrogen) atoms. The molecule has 0 spiro atoms. The van der Waals surface area contributed by atoms with Gasteiger partial charge in [-0.25, -0.2) is 4.98 Å². The quantitative estimate of drug-likeness (QED) is 0.661. The van der Waals surface area contributed by atoms with E-state index in [9.17, 15) is 0 Å². The van der Waals surface area contributed by atoms with Gasteiger partial charge in [0.25, 0.3) is 0 Å². The Morgan fingerprint density at radius 2 is 2.58 bits per heavy atom. The summed E-state index contributed by atoms with van der Waals surface area (Å²) in [5.41, 5.74) is 0. The molecule has 1 heterocycles. The Kier molecular flexibility index (Phi) is 3.54. The molecule has 0 amide bonds. The van der Waals surface area contributed by atoms with Crippen LogP contribution in [0.15, 0.2) is 31.4 Å². The highest BCUT2D eigenvalue weighted by Gasteiger charge is 1.93. The molecule has 0 fully saturated rings. The second-order valence-corrected chi connectivity index (χ2v) is 2.78. The molecule has 0 saturated carbocycles. The van der Waals surface area contributed by atoms with Crippen LogP contribution in [0.2, 0.25) is 0 Å². The van der Waals surface area contributed by atoms with E-state index < -0.39 is 0 Å². The molecule has 0 bridgehead atoms. The van der Waals surface area contributed by atoms with Crippen molar-refractivity contribution in [2.24, 2.45) is 0 Å². The minimum atomic E-state index is 0.383. The maximum atomic E-state index is 3.96. The van der Waals surface area contributed by atoms with Gasteiger partial charge in [-0.15, -0.1) is 6.58 Å². The summed E-state index contributed by atoms with van der Waals surface area (Å²) in [7, 11) is 0. The Balaban J connectivity index is 2.15. The lowest BCUT2D eigenvalue weighted by atomic mass is 10.3. The van der Waals surface area contributed by atoms with E-state index in [-0.39, 0.29) is 0 Å². The first kappa shape index (κ1) is 9.00. The van der Waals surface area contributed by atoms with Gasteiger partial charge in [0, 0.05) is 31.5 Å². The van der Waals surface area contributed by atoms with Crippen molar-refractivity contribution < 1.29 is 0 Å². The van der Waals surface area contributed by atoms with Gasteiger partial charge in [0.1, 0.15) is 0 Å². The van der Waals surface area contributed by atoms with Gasteiger partial charge in [-0.3, -0.25) is 0 Å². The average Bonchev–Trinajstić information content (AvgIpc) is 2.57. The summed E-state index contributed by atoms with van der Waals surface area (Å²) < 4.78 is 2.04. The number of hydrogen-bond acceptors (Lipinski definition) is 2. The highest BCUT2D eigenvalue weighted by Crippen LogP contribution is 1.85. The third-order valence-electron chi connectivity index (χ3n) is 1.75. The molecule has 0 saturated heterocycles. The van der Waals surface area contributed by atoms with Crippen molar-refractivity contribution in [1.29, 1.82) is 0 Å². The molecule has 3 heteroatoms. The lowest BCUT2D eigenvalue weighted by Crippen LogP contribution is -2.27. The topological polar surface area (TPSA) is 29.9 Å². The van der Waals surface area contributed by atoms with E-state index in [1.165, 1.54) is 0 Å². The predicted molar refractivity (Wildman–Crippen MR) is 49.9 cm³/mol. The fraction of sp³-hybridized carbons (Fsp3) is 0.444. The average molecular weight is 165 g/mol. The van der Waals surface area contributed by atoms with E-state index in [2.05, 4.69) is 23.8 Å². The molecule has 0 radical (unpaired) electrons. The number of nitrogens with zero attached hydrogens (tertiary/aromatic N) is 2. The first-order chi connectivity index (χ1) is 5.83. The third-order valence-corrected chi connectivity index (χ3v) is 1.75. The zero-order chi connectivity index (χ0) is 8.81. The van der Waals surface area contributed by atoms with Gasteiger partial charge in [0.15, 0.2) is 0 Å². The first-order valence-electron chi connectivity index (χ1n) is 4.14. The van der Waals surface area contributed by atoms with E-state index in [1.54, 1.807) is 6.20 Å². The Bertz CT molecular complexity index is 216. The normalized spacial score (nSPS) is 12.8. The van der Waals surface area contributed by atoms with Crippen LogP contribution >= 0.6 is 0 Å². The highest BCUT2D eigenvalue weighted by atomic mass is 15.0. The van der Waals surface area contributed by atoms with Crippen LogP contribution in [0.4, 0.5) is 0 Å². The summed E-state index contributed by atoms with van der Waals surface area (Å²) >= 11 is 0. The predicted octanol–water partition coefficient (Wildman–Crippen LogP) is 1.05. The number of nitrogens with one attached hydrogen (secondary N) is 1. The van der Waals surface area contributed by atoms with Gasteiger partial charge >= 0.3 is 0 Å². The lowest BCUT2D eigenvalue weighted by Gasteiger charge is -2.08. The van der Waals surface area contributed by atoms with Crippen LogP contribution in [-0.2, 0) is 6.54 Å². The van der Waals surface area contributed by atoms with Gasteiger partial charge in [-0.05, 0) is 6.92 Å². The van der Waals surface area contributed by atoms with Crippen LogP contribution in [0.5, 0.6) is 0 Å². The van der Waals surface area contributed by atoms with Crippen molar-refractivity contribution in [2.45, 2.75) is 19.5 Å². The van der Waals surface area contributed by atoms with Crippen LogP contribution in [0.1, 0.15) is 6.92 Å². The van der Waals surface area contributed by atoms with Crippen LogP contribution < -0.4 is 5.32 Å². The molecule has 1 atom stereocenters. The molecule has 66 valence electrons. The Morgan fingerprint density at radius 3 is 3.17 bits per heavy atom. The maximum absolute atomic E-state index is 3.96. The van der Waals surface area contributed by atoms with Gasteiger partial charge in [0.2, 0.25) is 0 Å². The van der Waals surface area contributed by atoms with Gasteiger partial charge in [-0.1, -0.05) is 6.08 Å². The number of rotatable bonds is 5. The number of aromatic nitrogens is 2. The molecule has 1 unspecified atom stereocenters. The minimum absolute atomic E-state index is 0.383. The molecular formula is C9H15N3. The fourth-order valence-corrected chi connectivity index (χ4v) is 0.924. The smallest absolute Gasteiger partial charge is 0.0946 e. The molecule has 1 aromatic heterocycles. The SMILES string of the molecule is C=CC(C)NCCn1ccnc1. The van der Waals surface area contributed by atoms with Crippen molar-refractivity contribution in [1.82, 2.24) is 14.9 Å². The minimum Gasteiger partial charge on any atom is -0.336 e. The molecule has 0 aliphatic carbocycles. The largest absolute Gasteiger partial charge is 0.336 e. The van der Waals surface area contributed by atoms with Gasteiger partial charge in [0.05, 0.1) is 6.33 Å². The molecule has 3 nitrogen and oxygen atoms in total. The number of imidazole rings is 1. The summed E-state index contributed by atoms with van der Waals surface area (Å²) in [4.78, 5) is 3.96. The van der Waals surface area contributed by atoms with Crippen LogP contribution in [0.3, 0.4) is 0 Å². The zero-order valence-electron chi connectivity index (χ0n) is 7.40. The van der Waals surface area contributed by atoms with E-state index >= 15 is 0 Å². The fourth-order valence-electron chi connectivity index (χ4n) is 0.924. The second kappa shape index (κ2) is 4.72. The molecule has 1 N–H and O–H groups in total. The van der Waals surface area contributed by atoms with E-state index in [4.69, 9.17) is 0 Å². The summed E-state index contributed by atoms with van der Waals surface area (Å²) in [6.45, 7) is 7.68. The highest BCUT2D eigenvalue weighted by molar-refractivity contribution is 4.81. The van der Waals surface area contributed by atoms with Crippen molar-refractivity contribution in [3.05, 3.63) is 31.4 Å². The van der Waals surface area contributed by atoms with Gasteiger partial charge < -0.3 is 9.88 Å². The molecule has 0 aliphatic heterocycles. The zero-order valence-corrected chi connectivity index (χ0v) is 7.40. The van der Waals surface area contributed by atoms with E-state index in [0.717, 1.165) is 13.1 Å². The Morgan fingerprint density at radius 1 is 1.75 bits per heavy atom. The summed E-state index contributed by atoms with van der Waals surface area (Å²) in [6.07, 6.45) is 7.46. The Hall–Kier alpha value is -1.09. The monoisotopic (exact) mass is 165 g/mol. The molecule has 1 aromatic rings. The van der Waals surface area contributed by atoms with Gasteiger partial charge in [-0.2, -0.15) is 0 Å². The molecular weight excluding hydrogens is 150 g/mol. The Labute approximate surface area is 73.1 Å². The molecule has 0 aromatic carbocycles. The molecule has 0 aliphatic rings. The standard InChI is InChI=1S/C9H15N3/c1-3-9(2)11-5-7-12-6-4-10-8-12/h3-4,6,8-9,11H,1,5,7H2,2H3. The molecule has 1 rings (SSSR count). The van der Waals surface area contributed by atoms with Crippen molar-refractivity contribution in [2.75, 3.05) is 6.54 Å². The first-order valence-corrected chi connectivity index (χ1v) is 4.14. The summed E-state index contributed by atoms with van der Waals surface area (Å²) in [5.74, 6) is 0. The van der Waals surface area contributed by atoms with Crippen LogP contribution in [0.25, 0.3) is 0 Å².